The Hall–Kier alpha value is -2.67. The number of aliphatic imine (C=N–C) groups is 1. The van der Waals surface area contributed by atoms with Crippen molar-refractivity contribution >= 4 is 16.1 Å². The Kier molecular flexibility index (Phi) is 4.01. The summed E-state index contributed by atoms with van der Waals surface area (Å²) in [6.45, 7) is 0. The van der Waals surface area contributed by atoms with Crippen LogP contribution in [0.4, 0.5) is 0 Å². The second-order valence-corrected chi connectivity index (χ2v) is 8.25. The highest BCUT2D eigenvalue weighted by Crippen LogP contribution is 2.23. The first-order chi connectivity index (χ1) is 12.1. The fraction of sp³-hybridized carbons (Fsp3) is 0.222. The molecule has 1 saturated heterocycles. The number of nitrogens with zero attached hydrogens (tertiary/aromatic N) is 3. The zero-order valence-electron chi connectivity index (χ0n) is 13.4. The second kappa shape index (κ2) is 6.33. The van der Waals surface area contributed by atoms with Crippen molar-refractivity contribution in [3.63, 3.8) is 0 Å². The van der Waals surface area contributed by atoms with Gasteiger partial charge in [-0.05, 0) is 30.7 Å². The summed E-state index contributed by atoms with van der Waals surface area (Å²) in [6, 6.07) is 13.2. The molecule has 128 valence electrons. The zero-order valence-corrected chi connectivity index (χ0v) is 14.3. The summed E-state index contributed by atoms with van der Waals surface area (Å²) >= 11 is 0. The maximum absolute atomic E-state index is 11.6. The molecule has 4 rings (SSSR count). The van der Waals surface area contributed by atoms with E-state index in [2.05, 4.69) is 10.1 Å². The Labute approximate surface area is 145 Å². The van der Waals surface area contributed by atoms with Crippen LogP contribution >= 0.6 is 0 Å². The first-order valence-electron chi connectivity index (χ1n) is 8.03. The summed E-state index contributed by atoms with van der Waals surface area (Å²) in [5.41, 5.74) is 2.40. The molecule has 0 aliphatic carbocycles. The molecular formula is C18H17N3O3S. The van der Waals surface area contributed by atoms with Crippen molar-refractivity contribution in [3.05, 3.63) is 60.5 Å². The third-order valence-electron chi connectivity index (χ3n) is 4.15. The molecule has 0 unspecified atom stereocenters. The molecule has 0 radical (unpaired) electrons. The number of benzene rings is 1. The molecule has 1 aliphatic heterocycles. The lowest BCUT2D eigenvalue weighted by Gasteiger charge is -1.99. The predicted molar refractivity (Wildman–Crippen MR) is 95.9 cm³/mol. The van der Waals surface area contributed by atoms with Crippen LogP contribution in [-0.4, -0.2) is 42.0 Å². The summed E-state index contributed by atoms with van der Waals surface area (Å²) < 4.78 is 30.4. The lowest BCUT2D eigenvalue weighted by molar-refractivity contribution is 0.579. The van der Waals surface area contributed by atoms with E-state index >= 15 is 0 Å². The van der Waals surface area contributed by atoms with Crippen LogP contribution in [0.5, 0.6) is 0 Å². The van der Waals surface area contributed by atoms with Crippen LogP contribution in [0.15, 0.2) is 64.3 Å². The van der Waals surface area contributed by atoms with E-state index in [1.54, 1.807) is 23.2 Å². The van der Waals surface area contributed by atoms with Gasteiger partial charge in [-0.2, -0.15) is 5.10 Å². The number of aromatic nitrogens is 2. The van der Waals surface area contributed by atoms with Crippen LogP contribution in [0.1, 0.15) is 12.0 Å². The molecule has 0 N–H and O–H groups in total. The van der Waals surface area contributed by atoms with Crippen LogP contribution in [-0.2, 0) is 9.84 Å². The maximum Gasteiger partial charge on any atom is 0.154 e. The summed E-state index contributed by atoms with van der Waals surface area (Å²) in [5, 5.41) is 4.61. The molecule has 3 aromatic rings. The molecule has 1 atom stereocenters. The summed E-state index contributed by atoms with van der Waals surface area (Å²) in [5.74, 6) is 0.977. The maximum atomic E-state index is 11.6. The van der Waals surface area contributed by atoms with Crippen molar-refractivity contribution < 1.29 is 12.8 Å². The monoisotopic (exact) mass is 355 g/mol. The summed E-state index contributed by atoms with van der Waals surface area (Å²) in [7, 11) is -2.94. The van der Waals surface area contributed by atoms with Gasteiger partial charge in [0.25, 0.3) is 0 Å². The topological polar surface area (TPSA) is 77.5 Å². The van der Waals surface area contributed by atoms with E-state index in [9.17, 15) is 8.42 Å². The third kappa shape index (κ3) is 3.41. The van der Waals surface area contributed by atoms with Gasteiger partial charge in [0.1, 0.15) is 5.69 Å². The van der Waals surface area contributed by atoms with Gasteiger partial charge in [0.05, 0.1) is 29.5 Å². The Morgan fingerprint density at radius 3 is 2.72 bits per heavy atom. The van der Waals surface area contributed by atoms with Gasteiger partial charge < -0.3 is 4.42 Å². The van der Waals surface area contributed by atoms with Crippen LogP contribution in [0, 0.1) is 0 Å². The average Bonchev–Trinajstić information content (AvgIpc) is 3.32. The van der Waals surface area contributed by atoms with Gasteiger partial charge in [-0.15, -0.1) is 0 Å². The summed E-state index contributed by atoms with van der Waals surface area (Å²) in [4.78, 5) is 4.47. The highest BCUT2D eigenvalue weighted by molar-refractivity contribution is 7.91. The number of para-hydroxylation sites is 1. The third-order valence-corrected chi connectivity index (χ3v) is 5.90. The number of hydrogen-bond donors (Lipinski definition) is 0. The van der Waals surface area contributed by atoms with E-state index in [1.165, 1.54) is 0 Å². The molecule has 3 heterocycles. The molecule has 1 fully saturated rings. The van der Waals surface area contributed by atoms with Gasteiger partial charge in [-0.1, -0.05) is 18.2 Å². The average molecular weight is 355 g/mol. The lowest BCUT2D eigenvalue weighted by Crippen LogP contribution is -2.07. The SMILES string of the molecule is O=S1(=O)CC[C@H](N=Cc2cn(-c3ccccc3)nc2-c2ccco2)C1. The molecule has 25 heavy (non-hydrogen) atoms. The minimum absolute atomic E-state index is 0.117. The molecule has 6 nitrogen and oxygen atoms in total. The molecule has 1 aliphatic rings. The number of rotatable bonds is 4. The second-order valence-electron chi connectivity index (χ2n) is 6.03. The number of sulfone groups is 1. The Balaban J connectivity index is 1.69. The molecule has 0 spiro atoms. The first-order valence-corrected chi connectivity index (χ1v) is 9.85. The smallest absolute Gasteiger partial charge is 0.154 e. The van der Waals surface area contributed by atoms with E-state index in [0.717, 1.165) is 11.3 Å². The van der Waals surface area contributed by atoms with E-state index in [0.29, 0.717) is 17.9 Å². The van der Waals surface area contributed by atoms with Crippen LogP contribution in [0.2, 0.25) is 0 Å². The first kappa shape index (κ1) is 15.8. The van der Waals surface area contributed by atoms with Crippen LogP contribution in [0.25, 0.3) is 17.1 Å². The number of furan rings is 1. The van der Waals surface area contributed by atoms with Crippen LogP contribution in [0.3, 0.4) is 0 Å². The number of hydrogen-bond acceptors (Lipinski definition) is 5. The Morgan fingerprint density at radius 1 is 1.20 bits per heavy atom. The van der Waals surface area contributed by atoms with Crippen molar-refractivity contribution in [1.82, 2.24) is 9.78 Å². The molecule has 7 heteroatoms. The summed E-state index contributed by atoms with van der Waals surface area (Å²) in [6.07, 6.45) is 5.75. The van der Waals surface area contributed by atoms with E-state index in [-0.39, 0.29) is 17.5 Å². The molecule has 2 aromatic heterocycles. The predicted octanol–water partition coefficient (Wildman–Crippen LogP) is 2.74. The van der Waals surface area contributed by atoms with Gasteiger partial charge >= 0.3 is 0 Å². The Bertz CT molecular complexity index is 990. The molecule has 0 bridgehead atoms. The van der Waals surface area contributed by atoms with Gasteiger partial charge in [0, 0.05) is 18.0 Å². The van der Waals surface area contributed by atoms with E-state index < -0.39 is 9.84 Å². The van der Waals surface area contributed by atoms with E-state index in [1.807, 2.05) is 42.6 Å². The van der Waals surface area contributed by atoms with Crippen molar-refractivity contribution in [3.8, 4) is 17.1 Å². The fourth-order valence-corrected chi connectivity index (χ4v) is 4.52. The van der Waals surface area contributed by atoms with Crippen molar-refractivity contribution in [2.45, 2.75) is 12.5 Å². The van der Waals surface area contributed by atoms with Crippen molar-refractivity contribution in [2.75, 3.05) is 11.5 Å². The zero-order chi connectivity index (χ0) is 17.3. The van der Waals surface area contributed by atoms with Crippen molar-refractivity contribution in [1.29, 1.82) is 0 Å². The highest BCUT2D eigenvalue weighted by atomic mass is 32.2. The van der Waals surface area contributed by atoms with Gasteiger partial charge in [0.15, 0.2) is 15.6 Å². The largest absolute Gasteiger partial charge is 0.463 e. The standard InChI is InChI=1S/C18H17N3O3S/c22-25(23)10-8-15(13-25)19-11-14-12-21(16-5-2-1-3-6-16)20-18(14)17-7-4-9-24-17/h1-7,9,11-12,15H,8,10,13H2/t15-/m0/s1. The van der Waals surface area contributed by atoms with Crippen molar-refractivity contribution in [2.24, 2.45) is 4.99 Å². The van der Waals surface area contributed by atoms with Crippen LogP contribution < -0.4 is 0 Å². The van der Waals surface area contributed by atoms with Gasteiger partial charge in [-0.25, -0.2) is 13.1 Å². The molecule has 0 amide bonds. The molecule has 1 aromatic carbocycles. The quantitative estimate of drug-likeness (QED) is 0.674. The molecule has 0 saturated carbocycles. The minimum Gasteiger partial charge on any atom is -0.463 e. The highest BCUT2D eigenvalue weighted by Gasteiger charge is 2.27. The van der Waals surface area contributed by atoms with Gasteiger partial charge in [-0.3, -0.25) is 4.99 Å². The minimum atomic E-state index is -2.94. The van der Waals surface area contributed by atoms with E-state index in [4.69, 9.17) is 4.42 Å². The van der Waals surface area contributed by atoms with Gasteiger partial charge in [0.2, 0.25) is 0 Å². The molecular weight excluding hydrogens is 338 g/mol. The normalized spacial score (nSPS) is 19.6. The Morgan fingerprint density at radius 2 is 2.04 bits per heavy atom. The fourth-order valence-electron chi connectivity index (χ4n) is 2.88. The lowest BCUT2D eigenvalue weighted by atomic mass is 10.2.